The molecule has 0 unspecified atom stereocenters. The molecule has 7 heteroatoms. The maximum atomic E-state index is 11.3. The van der Waals surface area contributed by atoms with E-state index >= 15 is 0 Å². The summed E-state index contributed by atoms with van der Waals surface area (Å²) in [6.45, 7) is 12.7. The number of aliphatic hydroxyl groups is 1. The van der Waals surface area contributed by atoms with E-state index in [-0.39, 0.29) is 0 Å². The first-order valence-corrected chi connectivity index (χ1v) is 13.1. The van der Waals surface area contributed by atoms with Crippen LogP contribution in [0, 0.1) is 0 Å². The van der Waals surface area contributed by atoms with E-state index in [2.05, 4.69) is 74.2 Å². The number of morpholine rings is 1. The van der Waals surface area contributed by atoms with Crippen molar-refractivity contribution in [2.24, 2.45) is 0 Å². The molecule has 7 nitrogen and oxygen atoms in total. The molecule has 3 fully saturated rings. The van der Waals surface area contributed by atoms with E-state index in [0.717, 1.165) is 97.4 Å². The second-order valence-corrected chi connectivity index (χ2v) is 10.2. The average molecular weight is 481 g/mol. The fourth-order valence-electron chi connectivity index (χ4n) is 5.49. The van der Waals surface area contributed by atoms with Gasteiger partial charge in [-0.25, -0.2) is 0 Å². The Bertz CT molecular complexity index is 898. The van der Waals surface area contributed by atoms with Crippen LogP contribution in [0.3, 0.4) is 0 Å². The van der Waals surface area contributed by atoms with Crippen LogP contribution in [-0.4, -0.2) is 111 Å². The van der Waals surface area contributed by atoms with Crippen molar-refractivity contribution in [1.29, 1.82) is 0 Å². The van der Waals surface area contributed by atoms with Crippen LogP contribution in [0.4, 0.5) is 5.69 Å². The highest BCUT2D eigenvalue weighted by molar-refractivity contribution is 5.46. The van der Waals surface area contributed by atoms with Crippen LogP contribution in [0.2, 0.25) is 0 Å². The Kier molecular flexibility index (Phi) is 8.21. The number of nitrogens with zero attached hydrogens (tertiary/aromatic N) is 4. The molecule has 0 spiro atoms. The smallest absolute Gasteiger partial charge is 0.119 e. The van der Waals surface area contributed by atoms with E-state index in [9.17, 15) is 5.11 Å². The van der Waals surface area contributed by atoms with E-state index in [1.807, 2.05) is 0 Å². The summed E-state index contributed by atoms with van der Waals surface area (Å²) in [5.74, 6) is 0.926. The van der Waals surface area contributed by atoms with Crippen molar-refractivity contribution in [3.8, 4) is 5.75 Å². The number of benzene rings is 2. The van der Waals surface area contributed by atoms with E-state index in [1.165, 1.54) is 11.3 Å². The molecule has 1 N–H and O–H groups in total. The molecular formula is C28H40N4O3. The van der Waals surface area contributed by atoms with E-state index in [4.69, 9.17) is 9.47 Å². The summed E-state index contributed by atoms with van der Waals surface area (Å²) in [4.78, 5) is 9.65. The van der Waals surface area contributed by atoms with Crippen LogP contribution in [0.5, 0.6) is 5.75 Å². The lowest BCUT2D eigenvalue weighted by atomic mass is 10.0. The Labute approximate surface area is 209 Å². The molecule has 190 valence electrons. The Morgan fingerprint density at radius 2 is 1.54 bits per heavy atom. The van der Waals surface area contributed by atoms with E-state index in [0.29, 0.717) is 6.61 Å². The average Bonchev–Trinajstić information content (AvgIpc) is 3.26. The number of ether oxygens (including phenoxy) is 2. The van der Waals surface area contributed by atoms with Crippen molar-refractivity contribution in [1.82, 2.24) is 14.7 Å². The molecule has 2 aromatic rings. The first kappa shape index (κ1) is 24.5. The van der Waals surface area contributed by atoms with Gasteiger partial charge in [0.1, 0.15) is 12.4 Å². The van der Waals surface area contributed by atoms with Gasteiger partial charge in [-0.3, -0.25) is 14.7 Å². The second-order valence-electron chi connectivity index (χ2n) is 10.2. The normalized spacial score (nSPS) is 24.7. The first-order valence-electron chi connectivity index (χ1n) is 13.1. The fraction of sp³-hybridized carbons (Fsp3) is 0.571. The van der Waals surface area contributed by atoms with Crippen LogP contribution >= 0.6 is 0 Å². The van der Waals surface area contributed by atoms with Gasteiger partial charge in [0, 0.05) is 77.7 Å². The molecule has 5 rings (SSSR count). The molecule has 3 saturated heterocycles. The number of likely N-dealkylation sites (tertiary alicyclic amines) is 1. The van der Waals surface area contributed by atoms with Crippen molar-refractivity contribution in [2.45, 2.75) is 18.6 Å². The van der Waals surface area contributed by atoms with Crippen molar-refractivity contribution >= 4 is 5.69 Å². The van der Waals surface area contributed by atoms with Gasteiger partial charge in [0.25, 0.3) is 0 Å². The highest BCUT2D eigenvalue weighted by Crippen LogP contribution is 2.26. The van der Waals surface area contributed by atoms with Crippen LogP contribution in [0.1, 0.15) is 12.0 Å². The number of β-amino-alcohol motifs (C(OH)–C–C–N with tert-alkyl or cyclic N) is 1. The van der Waals surface area contributed by atoms with E-state index < -0.39 is 5.60 Å². The van der Waals surface area contributed by atoms with Gasteiger partial charge in [-0.1, -0.05) is 30.3 Å². The largest absolute Gasteiger partial charge is 0.492 e. The molecule has 1 atom stereocenters. The van der Waals surface area contributed by atoms with Crippen LogP contribution in [-0.2, 0) is 11.3 Å². The minimum Gasteiger partial charge on any atom is -0.492 e. The summed E-state index contributed by atoms with van der Waals surface area (Å²) >= 11 is 0. The zero-order valence-corrected chi connectivity index (χ0v) is 20.9. The maximum absolute atomic E-state index is 11.3. The van der Waals surface area contributed by atoms with Crippen molar-refractivity contribution in [3.05, 3.63) is 60.2 Å². The van der Waals surface area contributed by atoms with Crippen LogP contribution < -0.4 is 9.64 Å². The SMILES string of the molecule is O[C@@]1(CN2CCN(c3ccccc3)CC2)CCN(Cc2ccc(OCCN3CCOCC3)cc2)C1. The van der Waals surface area contributed by atoms with Gasteiger partial charge < -0.3 is 19.5 Å². The summed E-state index contributed by atoms with van der Waals surface area (Å²) in [6.07, 6.45) is 0.842. The van der Waals surface area contributed by atoms with E-state index in [1.54, 1.807) is 0 Å². The van der Waals surface area contributed by atoms with Gasteiger partial charge >= 0.3 is 0 Å². The minimum absolute atomic E-state index is 0.614. The summed E-state index contributed by atoms with van der Waals surface area (Å²) in [6, 6.07) is 19.1. The number of hydrogen-bond acceptors (Lipinski definition) is 7. The number of piperazine rings is 1. The number of para-hydroxylation sites is 1. The quantitative estimate of drug-likeness (QED) is 0.590. The monoisotopic (exact) mass is 480 g/mol. The van der Waals surface area contributed by atoms with Crippen molar-refractivity contribution in [2.75, 3.05) is 90.2 Å². The van der Waals surface area contributed by atoms with Gasteiger partial charge in [0.15, 0.2) is 0 Å². The summed E-state index contributed by atoms with van der Waals surface area (Å²) in [5, 5.41) is 11.3. The Morgan fingerprint density at radius 1 is 0.800 bits per heavy atom. The molecule has 0 bridgehead atoms. The third kappa shape index (κ3) is 6.96. The molecule has 3 aliphatic rings. The molecule has 0 amide bonds. The Hall–Kier alpha value is -2.16. The van der Waals surface area contributed by atoms with Gasteiger partial charge in [0.2, 0.25) is 0 Å². The topological polar surface area (TPSA) is 51.7 Å². The van der Waals surface area contributed by atoms with Gasteiger partial charge in [-0.15, -0.1) is 0 Å². The lowest BCUT2D eigenvalue weighted by Crippen LogP contribution is -2.52. The third-order valence-corrected chi connectivity index (χ3v) is 7.53. The summed E-state index contributed by atoms with van der Waals surface area (Å²) in [7, 11) is 0. The predicted molar refractivity (Wildman–Crippen MR) is 139 cm³/mol. The van der Waals surface area contributed by atoms with Gasteiger partial charge in [-0.2, -0.15) is 0 Å². The lowest BCUT2D eigenvalue weighted by molar-refractivity contribution is 0.00978. The van der Waals surface area contributed by atoms with Gasteiger partial charge in [0.05, 0.1) is 18.8 Å². The predicted octanol–water partition coefficient (Wildman–Crippen LogP) is 2.16. The zero-order chi connectivity index (χ0) is 23.9. The summed E-state index contributed by atoms with van der Waals surface area (Å²) < 4.78 is 11.3. The Morgan fingerprint density at radius 3 is 2.29 bits per heavy atom. The number of hydrogen-bond donors (Lipinski definition) is 1. The molecule has 35 heavy (non-hydrogen) atoms. The first-order chi connectivity index (χ1) is 17.2. The number of anilines is 1. The third-order valence-electron chi connectivity index (χ3n) is 7.53. The summed E-state index contributed by atoms with van der Waals surface area (Å²) in [5.41, 5.74) is 1.95. The molecule has 0 radical (unpaired) electrons. The zero-order valence-electron chi connectivity index (χ0n) is 20.9. The molecule has 2 aromatic carbocycles. The fourth-order valence-corrected chi connectivity index (χ4v) is 5.49. The second kappa shape index (κ2) is 11.7. The number of rotatable bonds is 9. The van der Waals surface area contributed by atoms with Gasteiger partial charge in [-0.05, 0) is 36.2 Å². The highest BCUT2D eigenvalue weighted by atomic mass is 16.5. The molecule has 0 aromatic heterocycles. The maximum Gasteiger partial charge on any atom is 0.119 e. The molecule has 3 heterocycles. The molecule has 0 aliphatic carbocycles. The Balaban J connectivity index is 1.03. The standard InChI is InChI=1S/C28H40N4O3/c33-28(23-30-12-14-32(15-13-30)26-4-2-1-3-5-26)10-11-31(24-28)22-25-6-8-27(9-7-25)35-21-18-29-16-19-34-20-17-29/h1-9,33H,10-24H2/t28-/m1/s1. The molecule has 0 saturated carbocycles. The minimum atomic E-state index is -0.614. The molecular weight excluding hydrogens is 440 g/mol. The highest BCUT2D eigenvalue weighted by Gasteiger charge is 2.38. The molecule has 3 aliphatic heterocycles. The van der Waals surface area contributed by atoms with Crippen molar-refractivity contribution < 1.29 is 14.6 Å². The van der Waals surface area contributed by atoms with Crippen LogP contribution in [0.15, 0.2) is 54.6 Å². The lowest BCUT2D eigenvalue weighted by Gasteiger charge is -2.39. The van der Waals surface area contributed by atoms with Crippen molar-refractivity contribution in [3.63, 3.8) is 0 Å². The van der Waals surface area contributed by atoms with Crippen LogP contribution in [0.25, 0.3) is 0 Å².